The summed E-state index contributed by atoms with van der Waals surface area (Å²) >= 11 is 0. The Balaban J connectivity index is 1.25. The van der Waals surface area contributed by atoms with Crippen LogP contribution < -0.4 is 15.6 Å². The molecule has 1 fully saturated rings. The molecule has 0 atom stereocenters. The van der Waals surface area contributed by atoms with Crippen molar-refractivity contribution in [3.63, 3.8) is 0 Å². The lowest BCUT2D eigenvalue weighted by molar-refractivity contribution is -0.147. The van der Waals surface area contributed by atoms with Gasteiger partial charge in [0.15, 0.2) is 12.0 Å². The number of hydrogen-bond donors (Lipinski definition) is 1. The van der Waals surface area contributed by atoms with Gasteiger partial charge in [-0.2, -0.15) is 0 Å². The third-order valence-electron chi connectivity index (χ3n) is 6.15. The van der Waals surface area contributed by atoms with Gasteiger partial charge in [-0.25, -0.2) is 0 Å². The molecule has 4 aromatic rings. The second kappa shape index (κ2) is 9.39. The third-order valence-corrected chi connectivity index (χ3v) is 6.15. The highest BCUT2D eigenvalue weighted by Gasteiger charge is 2.15. The van der Waals surface area contributed by atoms with E-state index in [9.17, 15) is 14.4 Å². The average molecular weight is 456 g/mol. The number of anilines is 2. The van der Waals surface area contributed by atoms with Crippen molar-refractivity contribution in [1.29, 1.82) is 0 Å². The van der Waals surface area contributed by atoms with Gasteiger partial charge in [-0.05, 0) is 61.4 Å². The summed E-state index contributed by atoms with van der Waals surface area (Å²) in [5.41, 5.74) is 3.01. The zero-order chi connectivity index (χ0) is 23.5. The number of nitrogens with zero attached hydrogens (tertiary/aromatic N) is 2. The van der Waals surface area contributed by atoms with Crippen LogP contribution >= 0.6 is 0 Å². The first-order valence-corrected chi connectivity index (χ1v) is 11.4. The molecule has 1 saturated heterocycles. The topological polar surface area (TPSA) is 80.6 Å². The molecule has 2 heterocycles. The molecule has 1 aromatic heterocycles. The van der Waals surface area contributed by atoms with Crippen LogP contribution in [-0.2, 0) is 20.9 Å². The van der Waals surface area contributed by atoms with Crippen molar-refractivity contribution in [3.05, 3.63) is 83.0 Å². The van der Waals surface area contributed by atoms with E-state index < -0.39 is 11.9 Å². The minimum absolute atomic E-state index is 0.0778. The van der Waals surface area contributed by atoms with Crippen LogP contribution in [0.4, 0.5) is 11.4 Å². The minimum Gasteiger partial charge on any atom is -0.454 e. The molecule has 0 aliphatic carbocycles. The van der Waals surface area contributed by atoms with Crippen molar-refractivity contribution in [2.45, 2.75) is 19.4 Å². The molecule has 1 N–H and O–H groups in total. The van der Waals surface area contributed by atoms with Gasteiger partial charge in [0, 0.05) is 35.2 Å². The van der Waals surface area contributed by atoms with Gasteiger partial charge >= 0.3 is 5.97 Å². The monoisotopic (exact) mass is 455 g/mol. The Kier molecular flexibility index (Phi) is 5.99. The van der Waals surface area contributed by atoms with Gasteiger partial charge in [0.25, 0.3) is 5.91 Å². The predicted molar refractivity (Wildman–Crippen MR) is 133 cm³/mol. The Labute approximate surface area is 196 Å². The number of esters is 1. The number of rotatable bonds is 6. The number of hydrogen-bond acceptors (Lipinski definition) is 5. The first kappa shape index (κ1) is 21.7. The Morgan fingerprint density at radius 2 is 1.41 bits per heavy atom. The van der Waals surface area contributed by atoms with Crippen LogP contribution in [0.5, 0.6) is 0 Å². The van der Waals surface area contributed by atoms with Gasteiger partial charge in [0.2, 0.25) is 0 Å². The van der Waals surface area contributed by atoms with E-state index in [2.05, 4.69) is 10.2 Å². The van der Waals surface area contributed by atoms with E-state index in [4.69, 9.17) is 4.74 Å². The van der Waals surface area contributed by atoms with E-state index in [1.807, 2.05) is 36.4 Å². The van der Waals surface area contributed by atoms with Gasteiger partial charge in [-0.1, -0.05) is 24.3 Å². The summed E-state index contributed by atoms with van der Waals surface area (Å²) in [5.74, 6) is -0.963. The molecule has 172 valence electrons. The van der Waals surface area contributed by atoms with Crippen LogP contribution in [0.2, 0.25) is 0 Å². The van der Waals surface area contributed by atoms with Crippen LogP contribution in [0, 0.1) is 0 Å². The molecule has 3 aromatic carbocycles. The van der Waals surface area contributed by atoms with Crippen LogP contribution in [-0.4, -0.2) is 36.1 Å². The number of fused-ring (bicyclic) bond motifs is 2. The summed E-state index contributed by atoms with van der Waals surface area (Å²) in [6.45, 7) is 1.62. The Morgan fingerprint density at radius 3 is 2.03 bits per heavy atom. The number of benzene rings is 3. The molecule has 0 radical (unpaired) electrons. The lowest BCUT2D eigenvalue weighted by Crippen LogP contribution is -2.24. The number of ether oxygens (including phenoxy) is 1. The summed E-state index contributed by atoms with van der Waals surface area (Å²) in [7, 11) is 0. The van der Waals surface area contributed by atoms with E-state index in [-0.39, 0.29) is 18.6 Å². The summed E-state index contributed by atoms with van der Waals surface area (Å²) in [6.07, 6.45) is 2.41. The Hall–Kier alpha value is -4.13. The van der Waals surface area contributed by atoms with E-state index >= 15 is 0 Å². The molecule has 7 nitrogen and oxygen atoms in total. The lowest BCUT2D eigenvalue weighted by atomic mass is 10.1. The number of pyridine rings is 1. The SMILES string of the molecule is O=C(COC(=O)Cn1c2ccccc2c(=O)c2ccccc21)Nc1ccc(N2CCCC2)cc1. The highest BCUT2D eigenvalue weighted by molar-refractivity contribution is 5.95. The van der Waals surface area contributed by atoms with Gasteiger partial charge in [-0.15, -0.1) is 0 Å². The molecular weight excluding hydrogens is 430 g/mol. The highest BCUT2D eigenvalue weighted by atomic mass is 16.5. The van der Waals surface area contributed by atoms with Crippen LogP contribution in [0.25, 0.3) is 21.8 Å². The van der Waals surface area contributed by atoms with E-state index in [0.29, 0.717) is 27.5 Å². The maximum Gasteiger partial charge on any atom is 0.326 e. The fourth-order valence-electron chi connectivity index (χ4n) is 4.50. The fourth-order valence-corrected chi connectivity index (χ4v) is 4.50. The number of carbonyl (C=O) groups excluding carboxylic acids is 2. The molecular formula is C27H25N3O4. The lowest BCUT2D eigenvalue weighted by Gasteiger charge is -2.17. The quantitative estimate of drug-likeness (QED) is 0.352. The van der Waals surface area contributed by atoms with Crippen LogP contribution in [0.3, 0.4) is 0 Å². The van der Waals surface area contributed by atoms with Gasteiger partial charge in [0.1, 0.15) is 6.54 Å². The molecule has 1 aliphatic heterocycles. The number of amides is 1. The van der Waals surface area contributed by atoms with E-state index in [0.717, 1.165) is 18.8 Å². The summed E-state index contributed by atoms with van der Waals surface area (Å²) in [4.78, 5) is 40.1. The summed E-state index contributed by atoms with van der Waals surface area (Å²) < 4.78 is 7.01. The van der Waals surface area contributed by atoms with Crippen molar-refractivity contribution < 1.29 is 14.3 Å². The normalized spacial score (nSPS) is 13.4. The zero-order valence-corrected chi connectivity index (χ0v) is 18.7. The van der Waals surface area contributed by atoms with Crippen molar-refractivity contribution in [1.82, 2.24) is 4.57 Å². The van der Waals surface area contributed by atoms with Crippen LogP contribution in [0.15, 0.2) is 77.6 Å². The molecule has 0 bridgehead atoms. The minimum atomic E-state index is -0.557. The largest absolute Gasteiger partial charge is 0.454 e. The molecule has 5 rings (SSSR count). The first-order valence-electron chi connectivity index (χ1n) is 11.4. The van der Waals surface area contributed by atoms with E-state index in [1.165, 1.54) is 12.8 Å². The molecule has 0 saturated carbocycles. The molecule has 7 heteroatoms. The Bertz CT molecular complexity index is 1360. The van der Waals surface area contributed by atoms with Crippen LogP contribution in [0.1, 0.15) is 12.8 Å². The molecule has 1 amide bonds. The second-order valence-corrected chi connectivity index (χ2v) is 8.40. The van der Waals surface area contributed by atoms with Crippen molar-refractivity contribution in [2.24, 2.45) is 0 Å². The maximum absolute atomic E-state index is 12.8. The number of nitrogens with one attached hydrogen (secondary N) is 1. The fraction of sp³-hybridized carbons (Fsp3) is 0.222. The second-order valence-electron chi connectivity index (χ2n) is 8.40. The molecule has 34 heavy (non-hydrogen) atoms. The average Bonchev–Trinajstić information content (AvgIpc) is 3.41. The number of aromatic nitrogens is 1. The van der Waals surface area contributed by atoms with E-state index in [1.54, 1.807) is 41.0 Å². The van der Waals surface area contributed by atoms with Gasteiger partial charge in [0.05, 0.1) is 11.0 Å². The summed E-state index contributed by atoms with van der Waals surface area (Å²) in [5, 5.41) is 3.83. The van der Waals surface area contributed by atoms with Crippen molar-refractivity contribution in [3.8, 4) is 0 Å². The predicted octanol–water partition coefficient (Wildman–Crippen LogP) is 3.94. The number of para-hydroxylation sites is 2. The van der Waals surface area contributed by atoms with Gasteiger partial charge in [-0.3, -0.25) is 14.4 Å². The zero-order valence-electron chi connectivity index (χ0n) is 18.7. The third kappa shape index (κ3) is 4.37. The highest BCUT2D eigenvalue weighted by Crippen LogP contribution is 2.22. The molecule has 1 aliphatic rings. The maximum atomic E-state index is 12.8. The molecule has 0 unspecified atom stereocenters. The Morgan fingerprint density at radius 1 is 0.824 bits per heavy atom. The summed E-state index contributed by atoms with van der Waals surface area (Å²) in [6, 6.07) is 22.0. The standard InChI is InChI=1S/C27H25N3O4/c31-25(28-19-11-13-20(14-12-19)29-15-5-6-16-29)18-34-26(32)17-30-23-9-3-1-7-21(23)27(33)22-8-2-4-10-24(22)30/h1-4,7-14H,5-6,15-18H2,(H,28,31). The number of carbonyl (C=O) groups is 2. The molecule has 0 spiro atoms. The van der Waals surface area contributed by atoms with Gasteiger partial charge < -0.3 is 19.5 Å². The smallest absolute Gasteiger partial charge is 0.326 e. The first-order chi connectivity index (χ1) is 16.6. The van der Waals surface area contributed by atoms with Crippen molar-refractivity contribution in [2.75, 3.05) is 29.9 Å². The van der Waals surface area contributed by atoms with Crippen molar-refractivity contribution >= 4 is 45.1 Å².